The van der Waals surface area contributed by atoms with Crippen LogP contribution >= 0.6 is 11.6 Å². The Labute approximate surface area is 116 Å². The lowest BCUT2D eigenvalue weighted by Gasteiger charge is -2.06. The second-order valence-corrected chi connectivity index (χ2v) is 4.74. The summed E-state index contributed by atoms with van der Waals surface area (Å²) >= 11 is 5.95. The Kier molecular flexibility index (Phi) is 3.18. The van der Waals surface area contributed by atoms with Crippen LogP contribution in [0.1, 0.15) is 12.7 Å². The summed E-state index contributed by atoms with van der Waals surface area (Å²) in [6.07, 6.45) is 0.866. The third-order valence-corrected chi connectivity index (χ3v) is 3.17. The molecule has 19 heavy (non-hydrogen) atoms. The molecule has 0 saturated heterocycles. The van der Waals surface area contributed by atoms with E-state index in [4.69, 9.17) is 20.8 Å². The average Bonchev–Trinajstić information content (AvgIpc) is 2.83. The van der Waals surface area contributed by atoms with E-state index in [1.807, 2.05) is 42.5 Å². The van der Waals surface area contributed by atoms with Crippen molar-refractivity contribution in [3.8, 4) is 11.5 Å². The molecule has 0 atom stereocenters. The fourth-order valence-corrected chi connectivity index (χ4v) is 2.18. The minimum Gasteiger partial charge on any atom is -0.457 e. The van der Waals surface area contributed by atoms with Crippen molar-refractivity contribution in [3.05, 3.63) is 59.3 Å². The number of benzene rings is 2. The average molecular weight is 273 g/mol. The highest BCUT2D eigenvalue weighted by Crippen LogP contribution is 2.32. The molecule has 0 unspecified atom stereocenters. The van der Waals surface area contributed by atoms with Crippen molar-refractivity contribution in [2.45, 2.75) is 13.3 Å². The van der Waals surface area contributed by atoms with Crippen molar-refractivity contribution < 1.29 is 9.15 Å². The molecule has 1 heterocycles. The Morgan fingerprint density at radius 1 is 1.11 bits per heavy atom. The number of ether oxygens (including phenoxy) is 1. The third kappa shape index (κ3) is 2.45. The van der Waals surface area contributed by atoms with Crippen LogP contribution in [-0.4, -0.2) is 0 Å². The van der Waals surface area contributed by atoms with Crippen LogP contribution in [0.15, 0.2) is 52.9 Å². The van der Waals surface area contributed by atoms with Gasteiger partial charge in [-0.2, -0.15) is 0 Å². The highest BCUT2D eigenvalue weighted by molar-refractivity contribution is 6.30. The number of rotatable bonds is 3. The Hall–Kier alpha value is -1.93. The topological polar surface area (TPSA) is 22.4 Å². The van der Waals surface area contributed by atoms with Gasteiger partial charge in [-0.05, 0) is 30.3 Å². The van der Waals surface area contributed by atoms with E-state index in [0.29, 0.717) is 16.5 Å². The number of halogens is 1. The highest BCUT2D eigenvalue weighted by atomic mass is 35.5. The smallest absolute Gasteiger partial charge is 0.176 e. The standard InChI is InChI=1S/C16H13ClO2/c1-2-13-9-11-5-3-8-15(16(11)19-13)18-14-7-4-6-12(17)10-14/h3-10H,2H2,1H3. The summed E-state index contributed by atoms with van der Waals surface area (Å²) in [4.78, 5) is 0. The van der Waals surface area contributed by atoms with Crippen LogP contribution in [0.25, 0.3) is 11.0 Å². The minimum absolute atomic E-state index is 0.651. The molecule has 0 spiro atoms. The normalized spacial score (nSPS) is 10.8. The van der Waals surface area contributed by atoms with Gasteiger partial charge in [-0.1, -0.05) is 36.7 Å². The van der Waals surface area contributed by atoms with Crippen LogP contribution in [0.2, 0.25) is 5.02 Å². The van der Waals surface area contributed by atoms with Gasteiger partial charge in [-0.3, -0.25) is 0 Å². The first kappa shape index (κ1) is 12.1. The summed E-state index contributed by atoms with van der Waals surface area (Å²) in [6, 6.07) is 15.2. The van der Waals surface area contributed by atoms with Gasteiger partial charge in [0.2, 0.25) is 0 Å². The maximum absolute atomic E-state index is 5.95. The zero-order valence-electron chi connectivity index (χ0n) is 10.5. The van der Waals surface area contributed by atoms with Gasteiger partial charge in [0, 0.05) is 16.8 Å². The second-order valence-electron chi connectivity index (χ2n) is 4.30. The van der Waals surface area contributed by atoms with Gasteiger partial charge < -0.3 is 9.15 Å². The quantitative estimate of drug-likeness (QED) is 0.633. The van der Waals surface area contributed by atoms with Gasteiger partial charge in [-0.25, -0.2) is 0 Å². The summed E-state index contributed by atoms with van der Waals surface area (Å²) in [7, 11) is 0. The van der Waals surface area contributed by atoms with Crippen molar-refractivity contribution in [2.24, 2.45) is 0 Å². The largest absolute Gasteiger partial charge is 0.457 e. The number of hydrogen-bond donors (Lipinski definition) is 0. The number of fused-ring (bicyclic) bond motifs is 1. The molecule has 0 bridgehead atoms. The molecule has 2 nitrogen and oxygen atoms in total. The van der Waals surface area contributed by atoms with Crippen LogP contribution in [0, 0.1) is 0 Å². The first-order valence-corrected chi connectivity index (χ1v) is 6.59. The Morgan fingerprint density at radius 2 is 1.95 bits per heavy atom. The molecule has 0 aliphatic heterocycles. The minimum atomic E-state index is 0.651. The molecule has 2 aromatic carbocycles. The first-order valence-electron chi connectivity index (χ1n) is 6.21. The summed E-state index contributed by atoms with van der Waals surface area (Å²) < 4.78 is 11.6. The van der Waals surface area contributed by atoms with Gasteiger partial charge in [0.25, 0.3) is 0 Å². The van der Waals surface area contributed by atoms with Crippen LogP contribution < -0.4 is 4.74 Å². The van der Waals surface area contributed by atoms with E-state index in [-0.39, 0.29) is 0 Å². The number of hydrogen-bond acceptors (Lipinski definition) is 2. The summed E-state index contributed by atoms with van der Waals surface area (Å²) in [5.74, 6) is 2.37. The number of furan rings is 1. The number of aryl methyl sites for hydroxylation is 1. The predicted molar refractivity (Wildman–Crippen MR) is 77.1 cm³/mol. The lowest BCUT2D eigenvalue weighted by Crippen LogP contribution is -1.84. The molecule has 96 valence electrons. The first-order chi connectivity index (χ1) is 9.26. The van der Waals surface area contributed by atoms with E-state index in [9.17, 15) is 0 Å². The summed E-state index contributed by atoms with van der Waals surface area (Å²) in [5.41, 5.74) is 0.777. The molecule has 0 amide bonds. The van der Waals surface area contributed by atoms with E-state index in [1.165, 1.54) is 0 Å². The van der Waals surface area contributed by atoms with E-state index < -0.39 is 0 Å². The van der Waals surface area contributed by atoms with Gasteiger partial charge in [0.05, 0.1) is 0 Å². The lowest BCUT2D eigenvalue weighted by molar-refractivity contribution is 0.466. The fourth-order valence-electron chi connectivity index (χ4n) is 2.00. The molecule has 0 radical (unpaired) electrons. The van der Waals surface area contributed by atoms with Crippen molar-refractivity contribution in [1.29, 1.82) is 0 Å². The van der Waals surface area contributed by atoms with Crippen LogP contribution in [-0.2, 0) is 6.42 Å². The summed E-state index contributed by atoms with van der Waals surface area (Å²) in [5, 5.41) is 1.70. The molecular weight excluding hydrogens is 260 g/mol. The Balaban J connectivity index is 2.02. The maximum atomic E-state index is 5.95. The molecule has 0 aliphatic carbocycles. The predicted octanol–water partition coefficient (Wildman–Crippen LogP) is 5.44. The van der Waals surface area contributed by atoms with Gasteiger partial charge in [0.15, 0.2) is 11.3 Å². The molecule has 3 rings (SSSR count). The van der Waals surface area contributed by atoms with Crippen LogP contribution in [0.4, 0.5) is 0 Å². The molecule has 0 saturated carbocycles. The lowest BCUT2D eigenvalue weighted by atomic mass is 10.2. The zero-order chi connectivity index (χ0) is 13.2. The molecule has 1 aromatic heterocycles. The Bertz CT molecular complexity index is 716. The third-order valence-electron chi connectivity index (χ3n) is 2.93. The Morgan fingerprint density at radius 3 is 2.74 bits per heavy atom. The van der Waals surface area contributed by atoms with Crippen molar-refractivity contribution in [2.75, 3.05) is 0 Å². The van der Waals surface area contributed by atoms with Crippen molar-refractivity contribution >= 4 is 22.6 Å². The fraction of sp³-hybridized carbons (Fsp3) is 0.125. The van der Waals surface area contributed by atoms with E-state index in [0.717, 1.165) is 23.2 Å². The summed E-state index contributed by atoms with van der Waals surface area (Å²) in [6.45, 7) is 2.06. The van der Waals surface area contributed by atoms with Crippen LogP contribution in [0.3, 0.4) is 0 Å². The molecule has 3 heteroatoms. The molecule has 3 aromatic rings. The maximum Gasteiger partial charge on any atom is 0.176 e. The van der Waals surface area contributed by atoms with E-state index in [2.05, 4.69) is 6.92 Å². The molecular formula is C16H13ClO2. The highest BCUT2D eigenvalue weighted by Gasteiger charge is 2.09. The molecule has 0 fully saturated rings. The van der Waals surface area contributed by atoms with Crippen molar-refractivity contribution in [1.82, 2.24) is 0 Å². The van der Waals surface area contributed by atoms with Gasteiger partial charge >= 0.3 is 0 Å². The van der Waals surface area contributed by atoms with E-state index >= 15 is 0 Å². The van der Waals surface area contributed by atoms with Gasteiger partial charge in [-0.15, -0.1) is 0 Å². The molecule has 0 N–H and O–H groups in total. The monoisotopic (exact) mass is 272 g/mol. The molecule has 0 aliphatic rings. The van der Waals surface area contributed by atoms with Gasteiger partial charge in [0.1, 0.15) is 11.5 Å². The van der Waals surface area contributed by atoms with Crippen LogP contribution in [0.5, 0.6) is 11.5 Å². The SMILES string of the molecule is CCc1cc2cccc(Oc3cccc(Cl)c3)c2o1. The number of para-hydroxylation sites is 1. The second kappa shape index (κ2) is 4.98. The van der Waals surface area contributed by atoms with E-state index in [1.54, 1.807) is 6.07 Å². The zero-order valence-corrected chi connectivity index (χ0v) is 11.3. The van der Waals surface area contributed by atoms with Crippen molar-refractivity contribution in [3.63, 3.8) is 0 Å².